The fraction of sp³-hybridized carbons (Fsp3) is 0.600. The molecule has 2 N–H and O–H groups in total. The van der Waals surface area contributed by atoms with E-state index in [0.717, 1.165) is 12.8 Å². The largest absolute Gasteiger partial charge is 0.381 e. The van der Waals surface area contributed by atoms with Crippen LogP contribution in [0.1, 0.15) is 44.6 Å². The summed E-state index contributed by atoms with van der Waals surface area (Å²) in [6.45, 7) is 3.38. The van der Waals surface area contributed by atoms with Gasteiger partial charge in [-0.25, -0.2) is 8.42 Å². The number of sulfone groups is 1. The van der Waals surface area contributed by atoms with E-state index in [1.807, 2.05) is 18.2 Å². The third-order valence-corrected chi connectivity index (χ3v) is 8.56. The molecular formula is C25H34N4O7S. The van der Waals surface area contributed by atoms with Gasteiger partial charge in [-0.15, -0.1) is 0 Å². The van der Waals surface area contributed by atoms with Crippen LogP contribution in [0.2, 0.25) is 0 Å². The zero-order valence-electron chi connectivity index (χ0n) is 20.9. The van der Waals surface area contributed by atoms with Crippen LogP contribution in [0.5, 0.6) is 0 Å². The van der Waals surface area contributed by atoms with Crippen LogP contribution >= 0.6 is 0 Å². The second-order valence-electron chi connectivity index (χ2n) is 9.70. The lowest BCUT2D eigenvalue weighted by atomic mass is 10.0. The lowest BCUT2D eigenvalue weighted by molar-refractivity contribution is -0.139. The van der Waals surface area contributed by atoms with Crippen LogP contribution in [0.4, 0.5) is 0 Å². The van der Waals surface area contributed by atoms with Crippen LogP contribution in [0, 0.1) is 11.8 Å². The first-order valence-electron chi connectivity index (χ1n) is 12.7. The Balaban J connectivity index is 1.45. The standard InChI is InChI=1S/C25H34N4O7S/c1-2-20(22(31)25-27-23(28-36-25)18-6-4-3-5-7-18)26-24(32)19(16-37(33,34)15-17-8-9-17)14-21(30)29-10-12-35-13-11-29/h3-7,17,19-20,22,31H,2,8-16H2,1H3,(H,26,32)/t19?,20-,22+/m0/s1. The third-order valence-electron chi connectivity index (χ3n) is 6.67. The molecule has 3 atom stereocenters. The van der Waals surface area contributed by atoms with Crippen LogP contribution in [0.15, 0.2) is 34.9 Å². The van der Waals surface area contributed by atoms with Gasteiger partial charge in [-0.3, -0.25) is 9.59 Å². The van der Waals surface area contributed by atoms with Crippen molar-refractivity contribution in [2.24, 2.45) is 11.8 Å². The van der Waals surface area contributed by atoms with Gasteiger partial charge in [0.25, 0.3) is 5.89 Å². The summed E-state index contributed by atoms with van der Waals surface area (Å²) in [6, 6.07) is 8.30. The van der Waals surface area contributed by atoms with Crippen LogP contribution < -0.4 is 5.32 Å². The van der Waals surface area contributed by atoms with E-state index in [1.54, 1.807) is 24.0 Å². The highest BCUT2D eigenvalue weighted by atomic mass is 32.2. The van der Waals surface area contributed by atoms with E-state index in [4.69, 9.17) is 9.26 Å². The molecule has 1 aliphatic carbocycles. The first-order chi connectivity index (χ1) is 17.8. The molecular weight excluding hydrogens is 500 g/mol. The van der Waals surface area contributed by atoms with Gasteiger partial charge >= 0.3 is 0 Å². The number of aliphatic hydroxyl groups is 1. The fourth-order valence-electron chi connectivity index (χ4n) is 4.33. The van der Waals surface area contributed by atoms with E-state index >= 15 is 0 Å². The van der Waals surface area contributed by atoms with Gasteiger partial charge in [0.05, 0.1) is 36.7 Å². The van der Waals surface area contributed by atoms with Crippen molar-refractivity contribution in [3.63, 3.8) is 0 Å². The Morgan fingerprint density at radius 2 is 1.89 bits per heavy atom. The van der Waals surface area contributed by atoms with Crippen LogP contribution in [0.25, 0.3) is 11.4 Å². The van der Waals surface area contributed by atoms with Crippen molar-refractivity contribution in [2.45, 2.75) is 44.8 Å². The molecule has 0 spiro atoms. The van der Waals surface area contributed by atoms with Crippen LogP contribution in [-0.2, 0) is 24.2 Å². The average molecular weight is 535 g/mol. The number of aromatic nitrogens is 2. The van der Waals surface area contributed by atoms with Gasteiger partial charge in [0, 0.05) is 25.1 Å². The van der Waals surface area contributed by atoms with E-state index < -0.39 is 39.6 Å². The van der Waals surface area contributed by atoms with Crippen molar-refractivity contribution in [1.29, 1.82) is 0 Å². The Labute approximate surface area is 216 Å². The van der Waals surface area contributed by atoms with Gasteiger partial charge in [0.15, 0.2) is 15.9 Å². The topological polar surface area (TPSA) is 152 Å². The molecule has 1 aliphatic heterocycles. The highest BCUT2D eigenvalue weighted by molar-refractivity contribution is 7.91. The van der Waals surface area contributed by atoms with Crippen molar-refractivity contribution >= 4 is 21.7 Å². The lowest BCUT2D eigenvalue weighted by Gasteiger charge is -2.29. The summed E-state index contributed by atoms with van der Waals surface area (Å²) in [6.07, 6.45) is 0.498. The van der Waals surface area contributed by atoms with Gasteiger partial charge in [0.2, 0.25) is 17.6 Å². The molecule has 202 valence electrons. The Hall–Kier alpha value is -2.83. The molecule has 2 heterocycles. The number of aliphatic hydroxyl groups excluding tert-OH is 1. The summed E-state index contributed by atoms with van der Waals surface area (Å²) < 4.78 is 36.1. The zero-order chi connectivity index (χ0) is 26.4. The second-order valence-corrected chi connectivity index (χ2v) is 11.9. The van der Waals surface area contributed by atoms with E-state index in [2.05, 4.69) is 15.5 Å². The molecule has 2 amide bonds. The summed E-state index contributed by atoms with van der Waals surface area (Å²) in [7, 11) is -3.54. The van der Waals surface area contributed by atoms with Crippen molar-refractivity contribution in [2.75, 3.05) is 37.8 Å². The third kappa shape index (κ3) is 7.59. The second kappa shape index (κ2) is 12.1. The van der Waals surface area contributed by atoms with Crippen molar-refractivity contribution in [1.82, 2.24) is 20.4 Å². The fourth-order valence-corrected chi connectivity index (χ4v) is 6.40. The molecule has 2 aliphatic rings. The van der Waals surface area contributed by atoms with Crippen molar-refractivity contribution in [3.8, 4) is 11.4 Å². The molecule has 2 aromatic rings. The number of hydrogen-bond acceptors (Lipinski definition) is 9. The SMILES string of the molecule is CC[C@H](NC(=O)C(CC(=O)N1CCOCC1)CS(=O)(=O)CC1CC1)[C@@H](O)c1nc(-c2ccccc2)no1. The van der Waals surface area contributed by atoms with Crippen molar-refractivity contribution in [3.05, 3.63) is 36.2 Å². The molecule has 2 fully saturated rings. The van der Waals surface area contributed by atoms with Gasteiger partial charge < -0.3 is 24.6 Å². The number of hydrogen-bond donors (Lipinski definition) is 2. The molecule has 11 nitrogen and oxygen atoms in total. The molecule has 12 heteroatoms. The number of nitrogens with one attached hydrogen (secondary N) is 1. The summed E-state index contributed by atoms with van der Waals surface area (Å²) in [5, 5.41) is 17.5. The van der Waals surface area contributed by atoms with Crippen LogP contribution in [0.3, 0.4) is 0 Å². The molecule has 1 aromatic carbocycles. The number of carbonyl (C=O) groups excluding carboxylic acids is 2. The minimum atomic E-state index is -3.54. The maximum atomic E-state index is 13.3. The summed E-state index contributed by atoms with van der Waals surface area (Å²) >= 11 is 0. The molecule has 1 saturated carbocycles. The summed E-state index contributed by atoms with van der Waals surface area (Å²) in [5.41, 5.74) is 0.712. The number of rotatable bonds is 12. The Kier molecular flexibility index (Phi) is 8.93. The number of carbonyl (C=O) groups is 2. The molecule has 1 unspecified atom stereocenters. The predicted molar refractivity (Wildman–Crippen MR) is 134 cm³/mol. The van der Waals surface area contributed by atoms with Gasteiger partial charge in [-0.2, -0.15) is 4.98 Å². The Morgan fingerprint density at radius 3 is 2.54 bits per heavy atom. The molecule has 0 bridgehead atoms. The molecule has 37 heavy (non-hydrogen) atoms. The smallest absolute Gasteiger partial charge is 0.257 e. The predicted octanol–water partition coefficient (Wildman–Crippen LogP) is 1.35. The summed E-state index contributed by atoms with van der Waals surface area (Å²) in [5.74, 6) is -2.00. The number of morpholine rings is 1. The molecule has 1 aromatic heterocycles. The monoisotopic (exact) mass is 534 g/mol. The van der Waals surface area contributed by atoms with Gasteiger partial charge in [-0.05, 0) is 25.2 Å². The Morgan fingerprint density at radius 1 is 1.19 bits per heavy atom. The normalized spacial score (nSPS) is 18.7. The number of nitrogens with zero attached hydrogens (tertiary/aromatic N) is 3. The molecule has 1 saturated heterocycles. The minimum Gasteiger partial charge on any atom is -0.381 e. The lowest BCUT2D eigenvalue weighted by Crippen LogP contribution is -2.47. The van der Waals surface area contributed by atoms with E-state index in [0.29, 0.717) is 44.1 Å². The zero-order valence-corrected chi connectivity index (χ0v) is 21.7. The van der Waals surface area contributed by atoms with Crippen molar-refractivity contribution < 1.29 is 32.4 Å². The quantitative estimate of drug-likeness (QED) is 0.411. The number of amides is 2. The Bertz CT molecular complexity index is 1160. The summed E-state index contributed by atoms with van der Waals surface area (Å²) in [4.78, 5) is 32.1. The highest BCUT2D eigenvalue weighted by Crippen LogP contribution is 2.31. The molecule has 4 rings (SSSR count). The van der Waals surface area contributed by atoms with Crippen LogP contribution in [-0.4, -0.2) is 84.2 Å². The minimum absolute atomic E-state index is 0.0204. The maximum absolute atomic E-state index is 13.3. The van der Waals surface area contributed by atoms with Gasteiger partial charge in [0.1, 0.15) is 0 Å². The number of benzene rings is 1. The van der Waals surface area contributed by atoms with E-state index in [1.165, 1.54) is 0 Å². The first kappa shape index (κ1) is 27.2. The molecule has 0 radical (unpaired) electrons. The van der Waals surface area contributed by atoms with Gasteiger partial charge in [-0.1, -0.05) is 42.4 Å². The highest BCUT2D eigenvalue weighted by Gasteiger charge is 2.36. The first-order valence-corrected chi connectivity index (χ1v) is 14.5. The maximum Gasteiger partial charge on any atom is 0.257 e. The average Bonchev–Trinajstić information content (AvgIpc) is 3.56. The number of ether oxygens (including phenoxy) is 1. The van der Waals surface area contributed by atoms with E-state index in [9.17, 15) is 23.1 Å². The van der Waals surface area contributed by atoms with E-state index in [-0.39, 0.29) is 29.9 Å².